The molecule has 0 saturated carbocycles. The maximum Gasteiger partial charge on any atom is 0.338 e. The Kier molecular flexibility index (Phi) is 7.78. The molecular weight excluding hydrogens is 330 g/mol. The van der Waals surface area contributed by atoms with E-state index < -0.39 is 5.97 Å². The number of rotatable bonds is 8. The molecule has 142 valence electrons. The summed E-state index contributed by atoms with van der Waals surface area (Å²) in [4.78, 5) is 28.7. The third-order valence-electron chi connectivity index (χ3n) is 5.28. The number of aryl methyl sites for hydroxylation is 1. The van der Waals surface area contributed by atoms with Crippen molar-refractivity contribution < 1.29 is 18.8 Å². The fourth-order valence-electron chi connectivity index (χ4n) is 3.34. The van der Waals surface area contributed by atoms with Crippen molar-refractivity contribution in [1.29, 1.82) is 0 Å². The van der Waals surface area contributed by atoms with Gasteiger partial charge in [0.15, 0.2) is 11.7 Å². The summed E-state index contributed by atoms with van der Waals surface area (Å²) in [6, 6.07) is 2.88. The smallest absolute Gasteiger partial charge is 0.338 e. The number of quaternary nitrogens is 1. The summed E-state index contributed by atoms with van der Waals surface area (Å²) in [5.41, 5.74) is 1.66. The Morgan fingerprint density at radius 1 is 1.19 bits per heavy atom. The predicted molar refractivity (Wildman–Crippen MR) is 103 cm³/mol. The van der Waals surface area contributed by atoms with Crippen LogP contribution in [0.15, 0.2) is 12.1 Å². The summed E-state index contributed by atoms with van der Waals surface area (Å²) in [6.45, 7) is 21.6. The molecule has 1 amide bonds. The summed E-state index contributed by atoms with van der Waals surface area (Å²) in [7, 11) is 0. The SMILES string of the molecule is [C-]#[N+]c1cc(C)c(NC(=O)C(C)[N+](CC)(CC)CC)c(C(=O)OCC)c1. The van der Waals surface area contributed by atoms with E-state index in [0.29, 0.717) is 21.4 Å². The Morgan fingerprint density at radius 3 is 2.23 bits per heavy atom. The zero-order valence-electron chi connectivity index (χ0n) is 16.7. The van der Waals surface area contributed by atoms with Crippen molar-refractivity contribution in [3.05, 3.63) is 34.7 Å². The lowest BCUT2D eigenvalue weighted by atomic mass is 10.1. The molecule has 1 unspecified atom stereocenters. The van der Waals surface area contributed by atoms with Gasteiger partial charge in [0, 0.05) is 0 Å². The van der Waals surface area contributed by atoms with Gasteiger partial charge in [-0.2, -0.15) is 0 Å². The molecular formula is C20H30N3O3+. The third-order valence-corrected chi connectivity index (χ3v) is 5.28. The zero-order chi connectivity index (χ0) is 19.9. The van der Waals surface area contributed by atoms with Crippen LogP contribution in [0.1, 0.15) is 50.5 Å². The normalized spacial score (nSPS) is 12.2. The lowest BCUT2D eigenvalue weighted by molar-refractivity contribution is -0.936. The molecule has 0 radical (unpaired) electrons. The molecule has 1 aromatic rings. The van der Waals surface area contributed by atoms with Gasteiger partial charge in [0.2, 0.25) is 0 Å². The number of carbonyl (C=O) groups is 2. The van der Waals surface area contributed by atoms with E-state index >= 15 is 0 Å². The molecule has 0 spiro atoms. The number of anilines is 1. The number of hydrogen-bond donors (Lipinski definition) is 1. The first-order valence-electron chi connectivity index (χ1n) is 9.15. The van der Waals surface area contributed by atoms with E-state index in [-0.39, 0.29) is 24.1 Å². The molecule has 26 heavy (non-hydrogen) atoms. The number of amides is 1. The van der Waals surface area contributed by atoms with Crippen LogP contribution in [0.3, 0.4) is 0 Å². The van der Waals surface area contributed by atoms with Gasteiger partial charge < -0.3 is 14.5 Å². The van der Waals surface area contributed by atoms with Crippen molar-refractivity contribution in [2.75, 3.05) is 31.6 Å². The second kappa shape index (κ2) is 9.35. The van der Waals surface area contributed by atoms with Crippen molar-refractivity contribution in [3.63, 3.8) is 0 Å². The van der Waals surface area contributed by atoms with Gasteiger partial charge in [0.25, 0.3) is 5.91 Å². The molecule has 0 heterocycles. The van der Waals surface area contributed by atoms with Gasteiger partial charge in [-0.25, -0.2) is 9.64 Å². The first kappa shape index (κ1) is 21.7. The van der Waals surface area contributed by atoms with Gasteiger partial charge in [0.05, 0.1) is 44.1 Å². The van der Waals surface area contributed by atoms with E-state index in [2.05, 4.69) is 30.9 Å². The number of esters is 1. The van der Waals surface area contributed by atoms with Crippen LogP contribution < -0.4 is 5.32 Å². The highest BCUT2D eigenvalue weighted by Crippen LogP contribution is 2.29. The average Bonchev–Trinajstić information content (AvgIpc) is 2.64. The lowest BCUT2D eigenvalue weighted by Crippen LogP contribution is -2.58. The fraction of sp³-hybridized carbons (Fsp3) is 0.550. The van der Waals surface area contributed by atoms with Gasteiger partial charge in [-0.3, -0.25) is 4.79 Å². The van der Waals surface area contributed by atoms with Crippen LogP contribution in [-0.4, -0.2) is 48.6 Å². The van der Waals surface area contributed by atoms with Crippen molar-refractivity contribution in [2.24, 2.45) is 0 Å². The van der Waals surface area contributed by atoms with E-state index in [0.717, 1.165) is 19.6 Å². The van der Waals surface area contributed by atoms with Gasteiger partial charge >= 0.3 is 5.97 Å². The molecule has 0 aromatic heterocycles. The molecule has 0 fully saturated rings. The molecule has 0 aliphatic rings. The molecule has 1 atom stereocenters. The highest BCUT2D eigenvalue weighted by Gasteiger charge is 2.35. The molecule has 6 nitrogen and oxygen atoms in total. The van der Waals surface area contributed by atoms with E-state index in [1.165, 1.54) is 6.07 Å². The average molecular weight is 360 g/mol. The van der Waals surface area contributed by atoms with Crippen LogP contribution in [0.5, 0.6) is 0 Å². The molecule has 0 aliphatic carbocycles. The van der Waals surface area contributed by atoms with Gasteiger partial charge in [0.1, 0.15) is 0 Å². The van der Waals surface area contributed by atoms with Crippen LogP contribution in [0.2, 0.25) is 0 Å². The van der Waals surface area contributed by atoms with Crippen molar-refractivity contribution in [3.8, 4) is 0 Å². The Morgan fingerprint density at radius 2 is 1.77 bits per heavy atom. The Balaban J connectivity index is 3.29. The van der Waals surface area contributed by atoms with Crippen LogP contribution >= 0.6 is 0 Å². The molecule has 1 N–H and O–H groups in total. The maximum absolute atomic E-state index is 12.9. The van der Waals surface area contributed by atoms with Crippen LogP contribution in [0, 0.1) is 13.5 Å². The Bertz CT molecular complexity index is 695. The summed E-state index contributed by atoms with van der Waals surface area (Å²) in [5.74, 6) is -0.675. The summed E-state index contributed by atoms with van der Waals surface area (Å²) >= 11 is 0. The number of hydrogen-bond acceptors (Lipinski definition) is 3. The van der Waals surface area contributed by atoms with E-state index in [4.69, 9.17) is 11.3 Å². The minimum absolute atomic E-state index is 0.139. The summed E-state index contributed by atoms with van der Waals surface area (Å²) in [5, 5.41) is 2.92. The van der Waals surface area contributed by atoms with Gasteiger partial charge in [-0.1, -0.05) is 6.07 Å². The third kappa shape index (κ3) is 4.41. The molecule has 0 aliphatic heterocycles. The Hall–Kier alpha value is -2.39. The summed E-state index contributed by atoms with van der Waals surface area (Å²) in [6.07, 6.45) is 0. The number of ether oxygens (including phenoxy) is 1. The number of nitrogens with zero attached hydrogens (tertiary/aromatic N) is 2. The van der Waals surface area contributed by atoms with Crippen LogP contribution in [0.25, 0.3) is 4.85 Å². The molecule has 6 heteroatoms. The minimum atomic E-state index is -0.536. The number of nitrogens with one attached hydrogen (secondary N) is 1. The number of carbonyl (C=O) groups excluding carboxylic acids is 2. The first-order valence-corrected chi connectivity index (χ1v) is 9.15. The van der Waals surface area contributed by atoms with Gasteiger partial charge in [-0.15, -0.1) is 0 Å². The van der Waals surface area contributed by atoms with Crippen molar-refractivity contribution >= 4 is 23.3 Å². The monoisotopic (exact) mass is 360 g/mol. The number of likely N-dealkylation sites (N-methyl/N-ethyl adjacent to an activating group) is 1. The first-order chi connectivity index (χ1) is 12.3. The predicted octanol–water partition coefficient (Wildman–Crippen LogP) is 3.93. The highest BCUT2D eigenvalue weighted by molar-refractivity contribution is 6.04. The fourth-order valence-corrected chi connectivity index (χ4v) is 3.34. The van der Waals surface area contributed by atoms with E-state index in [9.17, 15) is 9.59 Å². The summed E-state index contributed by atoms with van der Waals surface area (Å²) < 4.78 is 5.77. The van der Waals surface area contributed by atoms with Crippen LogP contribution in [0.4, 0.5) is 11.4 Å². The zero-order valence-corrected chi connectivity index (χ0v) is 16.7. The molecule has 0 saturated heterocycles. The molecule has 0 bridgehead atoms. The molecule has 1 aromatic carbocycles. The van der Waals surface area contributed by atoms with Crippen molar-refractivity contribution in [2.45, 2.75) is 47.6 Å². The lowest BCUT2D eigenvalue weighted by Gasteiger charge is -2.40. The van der Waals surface area contributed by atoms with Gasteiger partial charge in [-0.05, 0) is 53.2 Å². The van der Waals surface area contributed by atoms with E-state index in [1.54, 1.807) is 19.9 Å². The second-order valence-corrected chi connectivity index (χ2v) is 6.35. The topological polar surface area (TPSA) is 59.8 Å². The van der Waals surface area contributed by atoms with Crippen LogP contribution in [-0.2, 0) is 9.53 Å². The standard InChI is InChI=1S/C20H29N3O3/c1-8-23(9-2,10-3)15(6)19(24)22-18-14(5)12-16(21-7)13-17(18)20(25)26-11-4/h12-13,15H,8-11H2,1-6H3/p+1. The molecule has 1 rings (SSSR count). The number of benzene rings is 1. The van der Waals surface area contributed by atoms with Crippen molar-refractivity contribution in [1.82, 2.24) is 0 Å². The maximum atomic E-state index is 12.9. The second-order valence-electron chi connectivity index (χ2n) is 6.35. The minimum Gasteiger partial charge on any atom is -0.462 e. The van der Waals surface area contributed by atoms with E-state index in [1.807, 2.05) is 6.92 Å². The quantitative estimate of drug-likeness (QED) is 0.434. The highest BCUT2D eigenvalue weighted by atomic mass is 16.5. The Labute approximate surface area is 156 Å². The largest absolute Gasteiger partial charge is 0.462 e.